The predicted molar refractivity (Wildman–Crippen MR) is 159 cm³/mol. The summed E-state index contributed by atoms with van der Waals surface area (Å²) in [6, 6.07) is 4.15. The number of amides is 5. The lowest BCUT2D eigenvalue weighted by Crippen LogP contribution is -2.55. The molecule has 0 radical (unpaired) electrons. The molecule has 0 spiro atoms. The number of primary amides is 1. The molecule has 9 N–H and O–H groups in total. The molecule has 1 aromatic rings. The van der Waals surface area contributed by atoms with Crippen LogP contribution in [0.15, 0.2) is 24.3 Å². The number of aliphatic hydroxyl groups excluding tert-OH is 1. The van der Waals surface area contributed by atoms with Crippen LogP contribution in [0.5, 0.6) is 0 Å². The van der Waals surface area contributed by atoms with Crippen molar-refractivity contribution in [3.05, 3.63) is 29.8 Å². The molecule has 0 aliphatic carbocycles. The number of rotatable bonds is 18. The van der Waals surface area contributed by atoms with Crippen molar-refractivity contribution in [1.82, 2.24) is 16.0 Å². The Hall–Kier alpha value is -3.22. The van der Waals surface area contributed by atoms with Gasteiger partial charge in [0.05, 0.1) is 19.8 Å². The first kappa shape index (κ1) is 35.8. The fourth-order valence-corrected chi connectivity index (χ4v) is 3.88. The lowest BCUT2D eigenvalue weighted by atomic mass is 9.89. The van der Waals surface area contributed by atoms with E-state index in [2.05, 4.69) is 21.3 Å². The third kappa shape index (κ3) is 14.3. The Bertz CT molecular complexity index is 996. The molecule has 1 aromatic carbocycles. The third-order valence-electron chi connectivity index (χ3n) is 6.45. The molecule has 12 nitrogen and oxygen atoms in total. The van der Waals surface area contributed by atoms with Gasteiger partial charge in [-0.2, -0.15) is 0 Å². The highest BCUT2D eigenvalue weighted by atomic mass is 16.5. The highest BCUT2D eigenvalue weighted by Gasteiger charge is 2.31. The maximum Gasteiger partial charge on any atom is 0.312 e. The van der Waals surface area contributed by atoms with E-state index in [1.54, 1.807) is 24.3 Å². The number of benzene rings is 1. The molecule has 12 heteroatoms. The van der Waals surface area contributed by atoms with E-state index in [1.165, 1.54) is 0 Å². The molecular weight excluding hydrogens is 528 g/mol. The summed E-state index contributed by atoms with van der Waals surface area (Å²) in [5, 5.41) is 20.1. The topological polar surface area (TPSA) is 198 Å². The van der Waals surface area contributed by atoms with Crippen LogP contribution in [-0.4, -0.2) is 67.2 Å². The summed E-state index contributed by atoms with van der Waals surface area (Å²) in [5.74, 6) is -1.51. The normalized spacial score (nSPS) is 13.3. The van der Waals surface area contributed by atoms with Crippen LogP contribution in [0.3, 0.4) is 0 Å². The lowest BCUT2D eigenvalue weighted by Gasteiger charge is -2.29. The van der Waals surface area contributed by atoms with E-state index < -0.39 is 35.3 Å². The predicted octanol–water partition coefficient (Wildman–Crippen LogP) is 1.61. The fraction of sp³-hybridized carbons (Fsp3) is 0.655. The molecule has 0 bridgehead atoms. The Morgan fingerprint density at radius 2 is 1.56 bits per heavy atom. The Morgan fingerprint density at radius 1 is 0.951 bits per heavy atom. The van der Waals surface area contributed by atoms with E-state index in [-0.39, 0.29) is 43.2 Å². The zero-order valence-corrected chi connectivity index (χ0v) is 25.3. The first-order valence-electron chi connectivity index (χ1n) is 14.0. The highest BCUT2D eigenvalue weighted by molar-refractivity contribution is 5.98. The van der Waals surface area contributed by atoms with Gasteiger partial charge in [0, 0.05) is 24.1 Å². The van der Waals surface area contributed by atoms with Crippen LogP contribution in [0.2, 0.25) is 0 Å². The van der Waals surface area contributed by atoms with Gasteiger partial charge in [0.1, 0.15) is 12.1 Å². The molecule has 0 aliphatic heterocycles. The van der Waals surface area contributed by atoms with Gasteiger partial charge in [-0.05, 0) is 48.4 Å². The van der Waals surface area contributed by atoms with Crippen LogP contribution >= 0.6 is 0 Å². The summed E-state index contributed by atoms with van der Waals surface area (Å²) >= 11 is 0. The van der Waals surface area contributed by atoms with Crippen molar-refractivity contribution in [3.63, 3.8) is 0 Å². The molecular formula is C29H50N6O6. The highest BCUT2D eigenvalue weighted by Crippen LogP contribution is 2.23. The number of carbonyl (C=O) groups excluding carboxylic acids is 4. The van der Waals surface area contributed by atoms with Gasteiger partial charge in [-0.1, -0.05) is 53.7 Å². The molecule has 0 fully saturated rings. The van der Waals surface area contributed by atoms with E-state index in [0.29, 0.717) is 37.4 Å². The molecule has 0 heterocycles. The minimum absolute atomic E-state index is 0.126. The second-order valence-corrected chi connectivity index (χ2v) is 12.3. The Labute approximate surface area is 243 Å². The lowest BCUT2D eigenvalue weighted by molar-refractivity contribution is -0.133. The van der Waals surface area contributed by atoms with Crippen molar-refractivity contribution in [2.45, 2.75) is 79.5 Å². The summed E-state index contributed by atoms with van der Waals surface area (Å²) < 4.78 is 5.83. The summed E-state index contributed by atoms with van der Waals surface area (Å²) in [5.41, 5.74) is 11.4. The standard InChI is InChI=1S/C29H50N6O6/c1-19(2)24(35-23(37)14-28(3,4)17-41-18-29(5,6)16-30)26(39)34-22(8-7-13-32-27(31)40)25(38)33-21-11-9-20(15-36)10-12-21/h9-12,19,22,24,36H,7-8,13-18,30H2,1-6H3,(H,33,38)(H,34,39)(H,35,37)(H3,31,32,40)/t22-,24-/m0/s1. The number of hydrogen-bond donors (Lipinski definition) is 7. The van der Waals surface area contributed by atoms with Crippen LogP contribution in [0.25, 0.3) is 0 Å². The number of hydrogen-bond acceptors (Lipinski definition) is 7. The van der Waals surface area contributed by atoms with Gasteiger partial charge in [0.15, 0.2) is 0 Å². The Morgan fingerprint density at radius 3 is 2.10 bits per heavy atom. The third-order valence-corrected chi connectivity index (χ3v) is 6.45. The number of nitrogens with one attached hydrogen (secondary N) is 4. The molecule has 5 amide bonds. The average molecular weight is 579 g/mol. The van der Waals surface area contributed by atoms with E-state index in [0.717, 1.165) is 0 Å². The zero-order valence-electron chi connectivity index (χ0n) is 25.3. The van der Waals surface area contributed by atoms with Crippen molar-refractivity contribution in [3.8, 4) is 0 Å². The molecule has 0 aliphatic rings. The fourth-order valence-electron chi connectivity index (χ4n) is 3.88. The molecule has 0 saturated heterocycles. The molecule has 41 heavy (non-hydrogen) atoms. The summed E-state index contributed by atoms with van der Waals surface area (Å²) in [4.78, 5) is 50.5. The Kier molecular flexibility index (Phi) is 14.8. The van der Waals surface area contributed by atoms with E-state index >= 15 is 0 Å². The number of ether oxygens (including phenoxy) is 1. The smallest absolute Gasteiger partial charge is 0.312 e. The quantitative estimate of drug-likeness (QED) is 0.128. The van der Waals surface area contributed by atoms with Crippen molar-refractivity contribution in [2.24, 2.45) is 28.2 Å². The van der Waals surface area contributed by atoms with Crippen LogP contribution in [0.4, 0.5) is 10.5 Å². The SMILES string of the molecule is CC(C)[C@H](NC(=O)CC(C)(C)COCC(C)(C)CN)C(=O)N[C@@H](CCCNC(N)=O)C(=O)Nc1ccc(CO)cc1. The second kappa shape index (κ2) is 16.9. The number of carbonyl (C=O) groups is 4. The van der Waals surface area contributed by atoms with Gasteiger partial charge in [-0.15, -0.1) is 0 Å². The molecule has 2 atom stereocenters. The maximum absolute atomic E-state index is 13.3. The number of nitrogens with two attached hydrogens (primary N) is 2. The maximum atomic E-state index is 13.3. The minimum Gasteiger partial charge on any atom is -0.392 e. The van der Waals surface area contributed by atoms with E-state index in [9.17, 15) is 24.3 Å². The van der Waals surface area contributed by atoms with Crippen molar-refractivity contribution in [2.75, 3.05) is 31.6 Å². The van der Waals surface area contributed by atoms with Crippen LogP contribution in [0, 0.1) is 16.7 Å². The molecule has 1 rings (SSSR count). The zero-order chi connectivity index (χ0) is 31.2. The second-order valence-electron chi connectivity index (χ2n) is 12.3. The summed E-state index contributed by atoms with van der Waals surface area (Å²) in [6.45, 7) is 12.9. The monoisotopic (exact) mass is 578 g/mol. The van der Waals surface area contributed by atoms with Crippen LogP contribution in [0.1, 0.15) is 66.4 Å². The van der Waals surface area contributed by atoms with Crippen LogP contribution < -0.4 is 32.7 Å². The Balaban J connectivity index is 2.89. The number of aliphatic hydroxyl groups is 1. The average Bonchev–Trinajstić information content (AvgIpc) is 2.88. The van der Waals surface area contributed by atoms with Gasteiger partial charge in [0.2, 0.25) is 17.7 Å². The number of anilines is 1. The molecule has 0 unspecified atom stereocenters. The van der Waals surface area contributed by atoms with Crippen molar-refractivity contribution < 1.29 is 29.0 Å². The first-order chi connectivity index (χ1) is 19.1. The first-order valence-corrected chi connectivity index (χ1v) is 14.0. The van der Waals surface area contributed by atoms with Crippen LogP contribution in [-0.2, 0) is 25.7 Å². The minimum atomic E-state index is -0.941. The van der Waals surface area contributed by atoms with Gasteiger partial charge >= 0.3 is 6.03 Å². The van der Waals surface area contributed by atoms with Crippen molar-refractivity contribution in [1.29, 1.82) is 0 Å². The molecule has 0 saturated carbocycles. The number of urea groups is 1. The van der Waals surface area contributed by atoms with Crippen molar-refractivity contribution >= 4 is 29.4 Å². The summed E-state index contributed by atoms with van der Waals surface area (Å²) in [6.07, 6.45) is 0.729. The van der Waals surface area contributed by atoms with E-state index in [4.69, 9.17) is 16.2 Å². The van der Waals surface area contributed by atoms with Gasteiger partial charge < -0.3 is 42.6 Å². The summed E-state index contributed by atoms with van der Waals surface area (Å²) in [7, 11) is 0. The van der Waals surface area contributed by atoms with E-state index in [1.807, 2.05) is 41.5 Å². The van der Waals surface area contributed by atoms with Gasteiger partial charge in [0.25, 0.3) is 0 Å². The molecule has 232 valence electrons. The molecule has 0 aromatic heterocycles. The van der Waals surface area contributed by atoms with Gasteiger partial charge in [-0.25, -0.2) is 4.79 Å². The van der Waals surface area contributed by atoms with Gasteiger partial charge in [-0.3, -0.25) is 14.4 Å². The largest absolute Gasteiger partial charge is 0.392 e.